The van der Waals surface area contributed by atoms with Crippen LogP contribution in [0, 0.1) is 0 Å². The Morgan fingerprint density at radius 1 is 0.938 bits per heavy atom. The summed E-state index contributed by atoms with van der Waals surface area (Å²) in [5, 5.41) is 1.15. The van der Waals surface area contributed by atoms with Crippen LogP contribution in [-0.2, 0) is 8.54 Å². The van der Waals surface area contributed by atoms with E-state index < -0.39 is 16.9 Å². The molecule has 0 heterocycles. The van der Waals surface area contributed by atoms with Gasteiger partial charge in [0.2, 0.25) is 0 Å². The normalized spacial score (nSPS) is 10.1. The van der Waals surface area contributed by atoms with Gasteiger partial charge in [0.05, 0.1) is 0 Å². The van der Waals surface area contributed by atoms with Gasteiger partial charge in [0.25, 0.3) is 0 Å². The SMILES string of the molecule is C.C.C.C.CO[Si](C)(C)O[Si](C)(C)CSC. The molecule has 5 heteroatoms. The van der Waals surface area contributed by atoms with Gasteiger partial charge in [-0.15, -0.1) is 0 Å². The van der Waals surface area contributed by atoms with E-state index in [2.05, 4.69) is 32.4 Å². The van der Waals surface area contributed by atoms with Crippen LogP contribution in [0.3, 0.4) is 0 Å². The molecule has 0 unspecified atom stereocenters. The van der Waals surface area contributed by atoms with Gasteiger partial charge < -0.3 is 8.54 Å². The second-order valence-corrected chi connectivity index (χ2v) is 13.2. The first-order valence-corrected chi connectivity index (χ1v) is 11.4. The maximum atomic E-state index is 6.05. The standard InChI is InChI=1S/C7H20O2SSi2.4CH4/c1-8-12(5,6)9-11(3,4)7-10-2;;;;/h7H2,1-6H3;4*1H4. The van der Waals surface area contributed by atoms with Crippen molar-refractivity contribution in [2.45, 2.75) is 55.9 Å². The molecule has 0 saturated heterocycles. The Hall–Kier alpha value is 0.704. The molecule has 0 aliphatic heterocycles. The number of hydrogen-bond acceptors (Lipinski definition) is 3. The first kappa shape index (κ1) is 30.1. The van der Waals surface area contributed by atoms with E-state index in [0.29, 0.717) is 0 Å². The van der Waals surface area contributed by atoms with Gasteiger partial charge in [-0.1, -0.05) is 29.7 Å². The van der Waals surface area contributed by atoms with Crippen molar-refractivity contribution < 1.29 is 8.54 Å². The highest BCUT2D eigenvalue weighted by Crippen LogP contribution is 2.17. The average Bonchev–Trinajstić information content (AvgIpc) is 1.85. The minimum absolute atomic E-state index is 0. The molecular weight excluding hydrogens is 252 g/mol. The first-order chi connectivity index (χ1) is 5.33. The first-order valence-electron chi connectivity index (χ1n) is 4.07. The van der Waals surface area contributed by atoms with Gasteiger partial charge in [-0.2, -0.15) is 11.8 Å². The van der Waals surface area contributed by atoms with Crippen molar-refractivity contribution in [3.05, 3.63) is 0 Å². The molecule has 0 aromatic heterocycles. The molecule has 0 aliphatic rings. The van der Waals surface area contributed by atoms with E-state index in [1.165, 1.54) is 0 Å². The van der Waals surface area contributed by atoms with Gasteiger partial charge in [-0.3, -0.25) is 0 Å². The minimum atomic E-state index is -1.80. The van der Waals surface area contributed by atoms with Crippen LogP contribution in [0.4, 0.5) is 0 Å². The van der Waals surface area contributed by atoms with Gasteiger partial charge >= 0.3 is 8.56 Å². The zero-order valence-corrected chi connectivity index (χ0v) is 11.7. The molecule has 0 saturated carbocycles. The van der Waals surface area contributed by atoms with Crippen molar-refractivity contribution in [2.75, 3.05) is 18.7 Å². The molecule has 0 rings (SSSR count). The van der Waals surface area contributed by atoms with Crippen LogP contribution in [0.5, 0.6) is 0 Å². The maximum absolute atomic E-state index is 6.05. The van der Waals surface area contributed by atoms with Crippen molar-refractivity contribution >= 4 is 28.6 Å². The second kappa shape index (κ2) is 12.2. The molecule has 0 radical (unpaired) electrons. The topological polar surface area (TPSA) is 18.5 Å². The summed E-state index contributed by atoms with van der Waals surface area (Å²) in [7, 11) is -1.52. The lowest BCUT2D eigenvalue weighted by molar-refractivity contribution is 0.311. The van der Waals surface area contributed by atoms with Crippen molar-refractivity contribution in [3.8, 4) is 0 Å². The van der Waals surface area contributed by atoms with Crippen LogP contribution in [-0.4, -0.2) is 35.6 Å². The van der Waals surface area contributed by atoms with Crippen LogP contribution < -0.4 is 0 Å². The molecule has 106 valence electrons. The van der Waals surface area contributed by atoms with E-state index in [-0.39, 0.29) is 29.7 Å². The second-order valence-electron chi connectivity index (χ2n) is 3.90. The van der Waals surface area contributed by atoms with Crippen LogP contribution in [0.25, 0.3) is 0 Å². The lowest BCUT2D eigenvalue weighted by Crippen LogP contribution is -2.47. The Morgan fingerprint density at radius 3 is 1.56 bits per heavy atom. The molecule has 16 heavy (non-hydrogen) atoms. The van der Waals surface area contributed by atoms with Gasteiger partial charge in [0.1, 0.15) is 0 Å². The molecule has 0 aromatic carbocycles. The van der Waals surface area contributed by atoms with Gasteiger partial charge in [-0.05, 0) is 32.4 Å². The maximum Gasteiger partial charge on any atom is 0.321 e. The molecule has 0 aliphatic carbocycles. The minimum Gasteiger partial charge on any atom is -0.435 e. The lowest BCUT2D eigenvalue weighted by Gasteiger charge is -2.31. The molecule has 0 fully saturated rings. The summed E-state index contributed by atoms with van der Waals surface area (Å²) >= 11 is 1.86. The van der Waals surface area contributed by atoms with E-state index in [1.54, 1.807) is 7.11 Å². The average molecular weight is 289 g/mol. The van der Waals surface area contributed by atoms with Crippen molar-refractivity contribution in [3.63, 3.8) is 0 Å². The van der Waals surface area contributed by atoms with Crippen LogP contribution in [0.1, 0.15) is 29.7 Å². The fourth-order valence-corrected chi connectivity index (χ4v) is 10.3. The third-order valence-corrected chi connectivity index (χ3v) is 10.6. The van der Waals surface area contributed by atoms with Gasteiger partial charge in [0, 0.05) is 12.5 Å². The smallest absolute Gasteiger partial charge is 0.321 e. The molecule has 0 amide bonds. The van der Waals surface area contributed by atoms with Crippen LogP contribution in [0.15, 0.2) is 0 Å². The molecule has 0 aromatic rings. The summed E-state index contributed by atoms with van der Waals surface area (Å²) in [5.41, 5.74) is 0. The summed E-state index contributed by atoms with van der Waals surface area (Å²) in [5.74, 6) is 0. The fourth-order valence-electron chi connectivity index (χ4n) is 1.08. The summed E-state index contributed by atoms with van der Waals surface area (Å²) in [6.07, 6.45) is 2.12. The van der Waals surface area contributed by atoms with E-state index in [0.717, 1.165) is 5.38 Å². The quantitative estimate of drug-likeness (QED) is 0.663. The Morgan fingerprint density at radius 2 is 1.31 bits per heavy atom. The van der Waals surface area contributed by atoms with Crippen molar-refractivity contribution in [2.24, 2.45) is 0 Å². The van der Waals surface area contributed by atoms with E-state index in [9.17, 15) is 0 Å². The number of hydrogen-bond donors (Lipinski definition) is 0. The van der Waals surface area contributed by atoms with Crippen LogP contribution >= 0.6 is 11.8 Å². The van der Waals surface area contributed by atoms with Gasteiger partial charge in [0.15, 0.2) is 8.32 Å². The molecule has 0 bridgehead atoms. The Bertz CT molecular complexity index is 142. The third kappa shape index (κ3) is 14.7. The van der Waals surface area contributed by atoms with Crippen molar-refractivity contribution in [1.82, 2.24) is 0 Å². The summed E-state index contributed by atoms with van der Waals surface area (Å²) in [6, 6.07) is 0. The number of rotatable bonds is 5. The molecule has 0 spiro atoms. The highest BCUT2D eigenvalue weighted by molar-refractivity contribution is 8.00. The zero-order valence-electron chi connectivity index (χ0n) is 8.93. The Labute approximate surface area is 112 Å². The van der Waals surface area contributed by atoms with Crippen LogP contribution in [0.2, 0.25) is 26.2 Å². The predicted molar refractivity (Wildman–Crippen MR) is 88.4 cm³/mol. The molecular formula is C11H36O2SSi2. The zero-order chi connectivity index (χ0) is 9.83. The van der Waals surface area contributed by atoms with E-state index in [1.807, 2.05) is 11.8 Å². The molecule has 0 N–H and O–H groups in total. The summed E-state index contributed by atoms with van der Waals surface area (Å²) < 4.78 is 11.4. The highest BCUT2D eigenvalue weighted by atomic mass is 32.2. The Balaban J connectivity index is -0.000000101. The predicted octanol–water partition coefficient (Wildman–Crippen LogP) is 5.00. The largest absolute Gasteiger partial charge is 0.435 e. The molecule has 2 nitrogen and oxygen atoms in total. The summed E-state index contributed by atoms with van der Waals surface area (Å²) in [4.78, 5) is 0. The van der Waals surface area contributed by atoms with E-state index in [4.69, 9.17) is 8.54 Å². The lowest BCUT2D eigenvalue weighted by atomic mass is 11.8. The molecule has 0 atom stereocenters. The fraction of sp³-hybridized carbons (Fsp3) is 1.00. The third-order valence-electron chi connectivity index (χ3n) is 1.51. The van der Waals surface area contributed by atoms with Gasteiger partial charge in [-0.25, -0.2) is 0 Å². The monoisotopic (exact) mass is 288 g/mol. The highest BCUT2D eigenvalue weighted by Gasteiger charge is 2.33. The summed E-state index contributed by atoms with van der Waals surface area (Å²) in [6.45, 7) is 8.69. The Kier molecular flexibility index (Phi) is 22.9. The van der Waals surface area contributed by atoms with E-state index >= 15 is 0 Å². The number of thioether (sulfide) groups is 1. The van der Waals surface area contributed by atoms with Crippen molar-refractivity contribution in [1.29, 1.82) is 0 Å².